The van der Waals surface area contributed by atoms with Gasteiger partial charge >= 0.3 is 6.03 Å². The Morgan fingerprint density at radius 1 is 1.30 bits per heavy atom. The summed E-state index contributed by atoms with van der Waals surface area (Å²) in [6, 6.07) is 4.58. The van der Waals surface area contributed by atoms with Crippen LogP contribution < -0.4 is 10.6 Å². The third-order valence-electron chi connectivity index (χ3n) is 3.57. The molecule has 1 saturated heterocycles. The number of hydrogen-bond acceptors (Lipinski definition) is 3. The lowest BCUT2D eigenvalue weighted by Gasteiger charge is -2.30. The van der Waals surface area contributed by atoms with Gasteiger partial charge in [-0.05, 0) is 31.5 Å². The Hall–Kier alpha value is -1.79. The average molecular weight is 358 g/mol. The lowest BCUT2D eigenvalue weighted by atomic mass is 9.94. The van der Waals surface area contributed by atoms with Crippen molar-refractivity contribution in [3.63, 3.8) is 0 Å². The Morgan fingerprint density at radius 2 is 2.00 bits per heavy atom. The number of halogens is 2. The fourth-order valence-corrected chi connectivity index (χ4v) is 2.57. The van der Waals surface area contributed by atoms with Gasteiger partial charge in [-0.15, -0.1) is 0 Å². The maximum Gasteiger partial charge on any atom is 0.324 e. The number of nitrogens with one attached hydrogen (secondary N) is 2. The van der Waals surface area contributed by atoms with Gasteiger partial charge in [0.1, 0.15) is 6.54 Å². The van der Waals surface area contributed by atoms with E-state index in [2.05, 4.69) is 10.6 Å². The van der Waals surface area contributed by atoms with E-state index in [9.17, 15) is 14.4 Å². The summed E-state index contributed by atoms with van der Waals surface area (Å²) in [7, 11) is 0. The maximum atomic E-state index is 12.2. The summed E-state index contributed by atoms with van der Waals surface area (Å²) in [5.41, 5.74) is 0.103. The molecule has 1 aromatic carbocycles. The zero-order valence-corrected chi connectivity index (χ0v) is 14.3. The van der Waals surface area contributed by atoms with E-state index in [4.69, 9.17) is 23.2 Å². The van der Waals surface area contributed by atoms with Gasteiger partial charge in [0.25, 0.3) is 0 Å². The largest absolute Gasteiger partial charge is 0.346 e. The van der Waals surface area contributed by atoms with Gasteiger partial charge in [0.15, 0.2) is 0 Å². The van der Waals surface area contributed by atoms with Gasteiger partial charge < -0.3 is 10.2 Å². The van der Waals surface area contributed by atoms with Gasteiger partial charge in [0.05, 0.1) is 15.6 Å². The first-order valence-corrected chi connectivity index (χ1v) is 7.80. The molecule has 0 atom stereocenters. The molecule has 0 bridgehead atoms. The molecule has 23 heavy (non-hydrogen) atoms. The first kappa shape index (κ1) is 17.6. The maximum absolute atomic E-state index is 12.2. The lowest BCUT2D eigenvalue weighted by molar-refractivity contribution is -0.126. The van der Waals surface area contributed by atoms with Crippen LogP contribution in [-0.2, 0) is 15.1 Å². The monoisotopic (exact) mass is 357 g/mol. The molecule has 0 radical (unpaired) electrons. The van der Waals surface area contributed by atoms with Crippen molar-refractivity contribution in [2.75, 3.05) is 13.1 Å². The first-order chi connectivity index (χ1) is 10.7. The lowest BCUT2D eigenvalue weighted by Crippen LogP contribution is -2.54. The van der Waals surface area contributed by atoms with Crippen LogP contribution >= 0.6 is 23.2 Å². The van der Waals surface area contributed by atoms with Crippen LogP contribution in [0.15, 0.2) is 18.2 Å². The molecular formula is C15H17Cl2N3O3. The second-order valence-corrected chi connectivity index (χ2v) is 6.64. The van der Waals surface area contributed by atoms with Gasteiger partial charge in [-0.2, -0.15) is 0 Å². The van der Waals surface area contributed by atoms with Crippen molar-refractivity contribution >= 4 is 41.0 Å². The van der Waals surface area contributed by atoms with Gasteiger partial charge in [-0.3, -0.25) is 14.9 Å². The Labute approximate surface area is 144 Å². The molecule has 0 aromatic heterocycles. The quantitative estimate of drug-likeness (QED) is 0.867. The average Bonchev–Trinajstić information content (AvgIpc) is 2.44. The Bertz CT molecular complexity index is 661. The Balaban J connectivity index is 2.02. The molecule has 1 aliphatic rings. The summed E-state index contributed by atoms with van der Waals surface area (Å²) >= 11 is 11.9. The van der Waals surface area contributed by atoms with Crippen LogP contribution in [0, 0.1) is 0 Å². The molecule has 4 amide bonds. The van der Waals surface area contributed by atoms with Crippen LogP contribution in [0.25, 0.3) is 0 Å². The molecule has 0 unspecified atom stereocenters. The molecule has 2 N–H and O–H groups in total. The third kappa shape index (κ3) is 4.36. The molecular weight excluding hydrogens is 341 g/mol. The highest BCUT2D eigenvalue weighted by Gasteiger charge is 2.28. The van der Waals surface area contributed by atoms with E-state index in [1.54, 1.807) is 18.2 Å². The first-order valence-electron chi connectivity index (χ1n) is 7.04. The summed E-state index contributed by atoms with van der Waals surface area (Å²) in [5, 5.41) is 5.87. The van der Waals surface area contributed by atoms with Gasteiger partial charge in [-0.1, -0.05) is 29.3 Å². The number of carbonyl (C=O) groups excluding carboxylic acids is 3. The summed E-state index contributed by atoms with van der Waals surface area (Å²) in [6.45, 7) is 3.75. The summed E-state index contributed by atoms with van der Waals surface area (Å²) in [6.07, 6.45) is 0.190. The van der Waals surface area contributed by atoms with Gasteiger partial charge in [-0.25, -0.2) is 4.79 Å². The van der Waals surface area contributed by atoms with Crippen LogP contribution in [0.1, 0.15) is 25.8 Å². The standard InChI is InChI=1S/C15H17Cl2N3O3/c1-15(2,9-3-4-10(16)11(17)7-9)19-13(22)8-20-6-5-12(21)18-14(20)23/h3-4,7H,5-6,8H2,1-2H3,(H,19,22)(H,18,21,23). The Kier molecular flexibility index (Phi) is 5.16. The summed E-state index contributed by atoms with van der Waals surface area (Å²) < 4.78 is 0. The normalized spacial score (nSPS) is 15.4. The molecule has 0 spiro atoms. The molecule has 0 aliphatic carbocycles. The summed E-state index contributed by atoms with van der Waals surface area (Å²) in [5.74, 6) is -0.659. The second-order valence-electron chi connectivity index (χ2n) is 5.83. The van der Waals surface area contributed by atoms with E-state index < -0.39 is 11.6 Å². The fraction of sp³-hybridized carbons (Fsp3) is 0.400. The van der Waals surface area contributed by atoms with E-state index in [0.29, 0.717) is 10.0 Å². The van der Waals surface area contributed by atoms with E-state index >= 15 is 0 Å². The predicted octanol–water partition coefficient (Wildman–Crippen LogP) is 2.29. The van der Waals surface area contributed by atoms with Crippen molar-refractivity contribution in [2.24, 2.45) is 0 Å². The highest BCUT2D eigenvalue weighted by atomic mass is 35.5. The molecule has 1 aliphatic heterocycles. The van der Waals surface area contributed by atoms with Crippen molar-refractivity contribution in [3.8, 4) is 0 Å². The minimum atomic E-state index is -0.687. The number of benzene rings is 1. The molecule has 2 rings (SSSR count). The SMILES string of the molecule is CC(C)(NC(=O)CN1CCC(=O)NC1=O)c1ccc(Cl)c(Cl)c1. The number of urea groups is 1. The van der Waals surface area contributed by atoms with E-state index in [0.717, 1.165) is 5.56 Å². The highest BCUT2D eigenvalue weighted by Crippen LogP contribution is 2.28. The van der Waals surface area contributed by atoms with Gasteiger partial charge in [0.2, 0.25) is 11.8 Å². The number of rotatable bonds is 4. The van der Waals surface area contributed by atoms with Crippen LogP contribution in [0.3, 0.4) is 0 Å². The van der Waals surface area contributed by atoms with Crippen LogP contribution in [0.2, 0.25) is 10.0 Å². The van der Waals surface area contributed by atoms with E-state index in [1.165, 1.54) is 4.90 Å². The molecule has 6 nitrogen and oxygen atoms in total. The van der Waals surface area contributed by atoms with Crippen molar-refractivity contribution in [3.05, 3.63) is 33.8 Å². The minimum Gasteiger partial charge on any atom is -0.346 e. The predicted molar refractivity (Wildman–Crippen MR) is 87.4 cm³/mol. The summed E-state index contributed by atoms with van der Waals surface area (Å²) in [4.78, 5) is 36.2. The van der Waals surface area contributed by atoms with Crippen LogP contribution in [-0.4, -0.2) is 35.8 Å². The van der Waals surface area contributed by atoms with Crippen molar-refractivity contribution in [1.82, 2.24) is 15.5 Å². The zero-order valence-electron chi connectivity index (χ0n) is 12.8. The number of nitrogens with zero attached hydrogens (tertiary/aromatic N) is 1. The van der Waals surface area contributed by atoms with E-state index in [-0.39, 0.29) is 31.3 Å². The smallest absolute Gasteiger partial charge is 0.324 e. The number of imide groups is 1. The van der Waals surface area contributed by atoms with Crippen molar-refractivity contribution in [2.45, 2.75) is 25.8 Å². The zero-order chi connectivity index (χ0) is 17.2. The molecule has 8 heteroatoms. The minimum absolute atomic E-state index is 0.121. The fourth-order valence-electron chi connectivity index (χ4n) is 2.27. The van der Waals surface area contributed by atoms with Crippen LogP contribution in [0.4, 0.5) is 4.79 Å². The Morgan fingerprint density at radius 3 is 2.61 bits per heavy atom. The molecule has 124 valence electrons. The number of carbonyl (C=O) groups is 3. The molecule has 1 aromatic rings. The molecule has 1 heterocycles. The van der Waals surface area contributed by atoms with E-state index in [1.807, 2.05) is 13.8 Å². The molecule has 1 fully saturated rings. The number of hydrogen-bond donors (Lipinski definition) is 2. The number of amides is 4. The third-order valence-corrected chi connectivity index (χ3v) is 4.31. The molecule has 0 saturated carbocycles. The van der Waals surface area contributed by atoms with Crippen LogP contribution in [0.5, 0.6) is 0 Å². The topological polar surface area (TPSA) is 78.5 Å². The second kappa shape index (κ2) is 6.76. The highest BCUT2D eigenvalue weighted by molar-refractivity contribution is 6.42. The van der Waals surface area contributed by atoms with Crippen molar-refractivity contribution < 1.29 is 14.4 Å². The van der Waals surface area contributed by atoms with Crippen molar-refractivity contribution in [1.29, 1.82) is 0 Å². The van der Waals surface area contributed by atoms with Gasteiger partial charge in [0, 0.05) is 13.0 Å².